The van der Waals surface area contributed by atoms with Crippen molar-refractivity contribution < 1.29 is 4.79 Å². The maximum absolute atomic E-state index is 13.2. The maximum Gasteiger partial charge on any atom is 0.282 e. The summed E-state index contributed by atoms with van der Waals surface area (Å²) in [5, 5.41) is 0. The highest BCUT2D eigenvalue weighted by atomic mass is 79.9. The molecular formula is C23H17BrN2O. The molecule has 1 heterocycles. The number of amidine groups is 1. The van der Waals surface area contributed by atoms with E-state index in [0.717, 1.165) is 21.3 Å². The van der Waals surface area contributed by atoms with Gasteiger partial charge in [0.2, 0.25) is 0 Å². The zero-order valence-electron chi connectivity index (χ0n) is 14.8. The lowest BCUT2D eigenvalue weighted by Gasteiger charge is -2.18. The molecule has 4 rings (SSSR count). The standard InChI is InChI=1S/C23H17BrN2O/c1-16-7-9-17(10-8-16)15-21-23(27)26(20-13-11-19(24)12-14-20)22(25-21)18-5-3-2-4-6-18/h2-15H,1H3/b21-15+. The number of benzene rings is 3. The second kappa shape index (κ2) is 7.33. The Bertz CT molecular complexity index is 1040. The normalized spacial score (nSPS) is 15.3. The third kappa shape index (κ3) is 3.62. The first-order valence-electron chi connectivity index (χ1n) is 8.64. The van der Waals surface area contributed by atoms with E-state index in [2.05, 4.69) is 20.9 Å². The molecule has 0 unspecified atom stereocenters. The highest BCUT2D eigenvalue weighted by molar-refractivity contribution is 9.10. The summed E-state index contributed by atoms with van der Waals surface area (Å²) in [6, 6.07) is 25.5. The summed E-state index contributed by atoms with van der Waals surface area (Å²) in [7, 11) is 0. The van der Waals surface area contributed by atoms with Crippen LogP contribution in [0.5, 0.6) is 0 Å². The van der Waals surface area contributed by atoms with Gasteiger partial charge in [0.15, 0.2) is 0 Å². The number of hydrogen-bond donors (Lipinski definition) is 0. The predicted octanol–water partition coefficient (Wildman–Crippen LogP) is 5.59. The average molecular weight is 417 g/mol. The molecule has 0 radical (unpaired) electrons. The van der Waals surface area contributed by atoms with Gasteiger partial charge in [-0.3, -0.25) is 9.69 Å². The number of amides is 1. The van der Waals surface area contributed by atoms with E-state index in [1.165, 1.54) is 5.56 Å². The highest BCUT2D eigenvalue weighted by Gasteiger charge is 2.32. The number of rotatable bonds is 3. The lowest BCUT2D eigenvalue weighted by molar-refractivity contribution is -0.113. The largest absolute Gasteiger partial charge is 0.282 e. The molecule has 0 saturated heterocycles. The third-order valence-electron chi connectivity index (χ3n) is 4.36. The Morgan fingerprint density at radius 2 is 1.56 bits per heavy atom. The molecule has 1 amide bonds. The van der Waals surface area contributed by atoms with E-state index in [1.807, 2.05) is 91.9 Å². The molecule has 132 valence electrons. The van der Waals surface area contributed by atoms with Gasteiger partial charge < -0.3 is 0 Å². The van der Waals surface area contributed by atoms with Crippen molar-refractivity contribution >= 4 is 39.4 Å². The van der Waals surface area contributed by atoms with Crippen molar-refractivity contribution in [2.75, 3.05) is 4.90 Å². The molecule has 1 aliphatic heterocycles. The van der Waals surface area contributed by atoms with Crippen molar-refractivity contribution in [1.29, 1.82) is 0 Å². The van der Waals surface area contributed by atoms with Gasteiger partial charge in [0.05, 0.1) is 5.69 Å². The quantitative estimate of drug-likeness (QED) is 0.512. The Morgan fingerprint density at radius 1 is 0.889 bits per heavy atom. The van der Waals surface area contributed by atoms with E-state index in [1.54, 1.807) is 4.90 Å². The number of halogens is 1. The molecule has 0 N–H and O–H groups in total. The molecule has 3 aromatic rings. The summed E-state index contributed by atoms with van der Waals surface area (Å²) in [5.74, 6) is 0.512. The van der Waals surface area contributed by atoms with Crippen LogP contribution in [0, 0.1) is 6.92 Å². The van der Waals surface area contributed by atoms with Gasteiger partial charge in [0.1, 0.15) is 11.5 Å². The molecule has 4 heteroatoms. The molecule has 3 nitrogen and oxygen atoms in total. The fraction of sp³-hybridized carbons (Fsp3) is 0.0435. The number of hydrogen-bond acceptors (Lipinski definition) is 2. The predicted molar refractivity (Wildman–Crippen MR) is 114 cm³/mol. The lowest BCUT2D eigenvalue weighted by atomic mass is 10.1. The number of carbonyl (C=O) groups excluding carboxylic acids is 1. The Kier molecular flexibility index (Phi) is 4.73. The van der Waals surface area contributed by atoms with Crippen molar-refractivity contribution in [1.82, 2.24) is 0 Å². The molecule has 27 heavy (non-hydrogen) atoms. The highest BCUT2D eigenvalue weighted by Crippen LogP contribution is 2.28. The van der Waals surface area contributed by atoms with Crippen molar-refractivity contribution in [3.05, 3.63) is 106 Å². The maximum atomic E-state index is 13.2. The summed E-state index contributed by atoms with van der Waals surface area (Å²) < 4.78 is 0.964. The van der Waals surface area contributed by atoms with Gasteiger partial charge >= 0.3 is 0 Å². The number of nitrogens with zero attached hydrogens (tertiary/aromatic N) is 2. The van der Waals surface area contributed by atoms with Gasteiger partial charge in [-0.25, -0.2) is 4.99 Å². The number of aryl methyl sites for hydroxylation is 1. The van der Waals surface area contributed by atoms with Crippen molar-refractivity contribution in [3.8, 4) is 0 Å². The van der Waals surface area contributed by atoms with E-state index in [0.29, 0.717) is 11.5 Å². The third-order valence-corrected chi connectivity index (χ3v) is 4.89. The van der Waals surface area contributed by atoms with Gasteiger partial charge in [0, 0.05) is 10.0 Å². The fourth-order valence-corrected chi connectivity index (χ4v) is 3.21. The van der Waals surface area contributed by atoms with Crippen LogP contribution in [0.2, 0.25) is 0 Å². The van der Waals surface area contributed by atoms with Crippen LogP contribution in [-0.2, 0) is 4.79 Å². The van der Waals surface area contributed by atoms with Gasteiger partial charge in [-0.2, -0.15) is 0 Å². The molecule has 3 aromatic carbocycles. The fourth-order valence-electron chi connectivity index (χ4n) is 2.95. The molecular weight excluding hydrogens is 400 g/mol. The Hall–Kier alpha value is -2.98. The minimum Gasteiger partial charge on any atom is -0.266 e. The van der Waals surface area contributed by atoms with E-state index in [-0.39, 0.29) is 5.91 Å². The summed E-state index contributed by atoms with van der Waals surface area (Å²) in [6.45, 7) is 2.04. The van der Waals surface area contributed by atoms with Crippen LogP contribution in [0.15, 0.2) is 94.0 Å². The van der Waals surface area contributed by atoms with Gasteiger partial charge in [-0.15, -0.1) is 0 Å². The summed E-state index contributed by atoms with van der Waals surface area (Å²) in [6.07, 6.45) is 1.84. The first-order chi connectivity index (χ1) is 13.1. The average Bonchev–Trinajstić information content (AvgIpc) is 3.01. The second-order valence-corrected chi connectivity index (χ2v) is 7.27. The first kappa shape index (κ1) is 17.4. The Morgan fingerprint density at radius 3 is 2.22 bits per heavy atom. The summed E-state index contributed by atoms with van der Waals surface area (Å²) in [5.41, 5.74) is 4.26. The van der Waals surface area contributed by atoms with Gasteiger partial charge in [-0.05, 0) is 42.8 Å². The van der Waals surface area contributed by atoms with E-state index in [9.17, 15) is 4.79 Å². The molecule has 0 aliphatic carbocycles. The van der Waals surface area contributed by atoms with E-state index in [4.69, 9.17) is 0 Å². The monoisotopic (exact) mass is 416 g/mol. The number of carbonyl (C=O) groups is 1. The molecule has 0 fully saturated rings. The zero-order chi connectivity index (χ0) is 18.8. The minimum absolute atomic E-state index is 0.128. The lowest BCUT2D eigenvalue weighted by Crippen LogP contribution is -2.32. The molecule has 0 aromatic heterocycles. The number of anilines is 1. The topological polar surface area (TPSA) is 32.7 Å². The summed E-state index contributed by atoms with van der Waals surface area (Å²) in [4.78, 5) is 19.5. The number of aliphatic imine (C=N–C) groups is 1. The second-order valence-electron chi connectivity index (χ2n) is 6.36. The SMILES string of the molecule is Cc1ccc(/C=C2/N=C(c3ccccc3)N(c3ccc(Br)cc3)C2=O)cc1. The van der Waals surface area contributed by atoms with Crippen molar-refractivity contribution in [3.63, 3.8) is 0 Å². The van der Waals surface area contributed by atoms with Crippen LogP contribution in [0.25, 0.3) is 6.08 Å². The minimum atomic E-state index is -0.128. The smallest absolute Gasteiger partial charge is 0.266 e. The van der Waals surface area contributed by atoms with E-state index >= 15 is 0 Å². The molecule has 0 atom stereocenters. The molecule has 0 saturated carbocycles. The summed E-state index contributed by atoms with van der Waals surface area (Å²) >= 11 is 3.45. The van der Waals surface area contributed by atoms with Crippen LogP contribution >= 0.6 is 15.9 Å². The van der Waals surface area contributed by atoms with E-state index < -0.39 is 0 Å². The van der Waals surface area contributed by atoms with Crippen LogP contribution in [0.1, 0.15) is 16.7 Å². The van der Waals surface area contributed by atoms with Gasteiger partial charge in [0.25, 0.3) is 5.91 Å². The van der Waals surface area contributed by atoms with Crippen LogP contribution in [-0.4, -0.2) is 11.7 Å². The zero-order valence-corrected chi connectivity index (χ0v) is 16.3. The van der Waals surface area contributed by atoms with Crippen LogP contribution < -0.4 is 4.90 Å². The van der Waals surface area contributed by atoms with Gasteiger partial charge in [-0.1, -0.05) is 76.1 Å². The first-order valence-corrected chi connectivity index (χ1v) is 9.43. The molecule has 0 bridgehead atoms. The Labute approximate surface area is 166 Å². The van der Waals surface area contributed by atoms with Crippen LogP contribution in [0.3, 0.4) is 0 Å². The molecule has 1 aliphatic rings. The van der Waals surface area contributed by atoms with Crippen molar-refractivity contribution in [2.45, 2.75) is 6.92 Å². The molecule has 0 spiro atoms. The van der Waals surface area contributed by atoms with Crippen LogP contribution in [0.4, 0.5) is 5.69 Å². The van der Waals surface area contributed by atoms with Crippen molar-refractivity contribution in [2.24, 2.45) is 4.99 Å². The Balaban J connectivity index is 1.80.